The van der Waals surface area contributed by atoms with Crippen molar-refractivity contribution in [3.8, 4) is 11.5 Å². The van der Waals surface area contributed by atoms with Gasteiger partial charge in [0, 0.05) is 18.9 Å². The largest absolute Gasteiger partial charge is 0.503 e. The Morgan fingerprint density at radius 3 is 2.38 bits per heavy atom. The Kier molecular flexibility index (Phi) is 10.5. The number of carbonyl (C=O) groups excluding carboxylic acids is 2. The molecule has 37 heavy (non-hydrogen) atoms. The normalized spacial score (nSPS) is 19.6. The van der Waals surface area contributed by atoms with E-state index in [0.29, 0.717) is 13.0 Å². The van der Waals surface area contributed by atoms with Gasteiger partial charge < -0.3 is 24.6 Å². The lowest BCUT2D eigenvalue weighted by atomic mass is 9.95. The number of aryl methyl sites for hydroxylation is 1. The third-order valence-electron chi connectivity index (χ3n) is 5.84. The minimum Gasteiger partial charge on any atom is -0.503 e. The van der Waals surface area contributed by atoms with E-state index in [4.69, 9.17) is 14.2 Å². The molecule has 1 aromatic heterocycles. The summed E-state index contributed by atoms with van der Waals surface area (Å²) in [5.74, 6) is -1.41. The van der Waals surface area contributed by atoms with Crippen LogP contribution in [0, 0.1) is 12.8 Å². The summed E-state index contributed by atoms with van der Waals surface area (Å²) in [5.41, 5.74) is 2.27. The number of pyridine rings is 1. The standard InChI is InChI=1S/C22H26N2O6.C7H8/c1-14-10-16(11-15-6-4-3-5-7-15)12-29-13-17(22(27)30-14)24-21(26)19-20(25)18(28-2)8-9-23-19;1-7-5-3-2-4-6-7/h3-9,14,16-17,25H,10-13H2,1-2H3,(H,24,26);2-6H,1H3/t14?,16?,17-;/m0./s1. The molecule has 1 saturated heterocycles. The highest BCUT2D eigenvalue weighted by Gasteiger charge is 2.30. The summed E-state index contributed by atoms with van der Waals surface area (Å²) in [7, 11) is 1.37. The molecule has 1 fully saturated rings. The van der Waals surface area contributed by atoms with Crippen molar-refractivity contribution in [1.82, 2.24) is 10.3 Å². The summed E-state index contributed by atoms with van der Waals surface area (Å²) in [4.78, 5) is 29.0. The highest BCUT2D eigenvalue weighted by molar-refractivity contribution is 5.98. The second-order valence-corrected chi connectivity index (χ2v) is 8.97. The second-order valence-electron chi connectivity index (χ2n) is 8.97. The van der Waals surface area contributed by atoms with Crippen molar-refractivity contribution in [2.45, 2.75) is 38.8 Å². The number of methoxy groups -OCH3 is 1. The van der Waals surface area contributed by atoms with Crippen LogP contribution in [0.1, 0.15) is 35.0 Å². The molecule has 196 valence electrons. The highest BCUT2D eigenvalue weighted by atomic mass is 16.5. The molecule has 0 saturated carbocycles. The summed E-state index contributed by atoms with van der Waals surface area (Å²) in [6.07, 6.45) is 2.47. The molecule has 1 aliphatic heterocycles. The minimum absolute atomic E-state index is 0.0344. The number of carbonyl (C=O) groups is 2. The molecule has 4 rings (SSSR count). The maximum absolute atomic E-state index is 12.6. The van der Waals surface area contributed by atoms with Crippen LogP contribution in [-0.4, -0.2) is 54.4 Å². The first-order valence-corrected chi connectivity index (χ1v) is 12.2. The zero-order valence-electron chi connectivity index (χ0n) is 21.4. The molecular formula is C29H34N2O6. The molecule has 3 aromatic rings. The maximum atomic E-state index is 12.6. The number of esters is 1. The van der Waals surface area contributed by atoms with Gasteiger partial charge in [0.25, 0.3) is 5.91 Å². The summed E-state index contributed by atoms with van der Waals surface area (Å²) in [5, 5.41) is 12.7. The molecule has 2 unspecified atom stereocenters. The van der Waals surface area contributed by atoms with Crippen molar-refractivity contribution in [3.05, 3.63) is 89.7 Å². The summed E-state index contributed by atoms with van der Waals surface area (Å²) >= 11 is 0. The second kappa shape index (κ2) is 14.0. The highest BCUT2D eigenvalue weighted by Crippen LogP contribution is 2.27. The van der Waals surface area contributed by atoms with Gasteiger partial charge in [-0.2, -0.15) is 0 Å². The van der Waals surface area contributed by atoms with Gasteiger partial charge in [-0.15, -0.1) is 0 Å². The van der Waals surface area contributed by atoms with Crippen molar-refractivity contribution < 1.29 is 28.9 Å². The number of rotatable bonds is 5. The van der Waals surface area contributed by atoms with E-state index in [1.807, 2.05) is 43.3 Å². The van der Waals surface area contributed by atoms with Gasteiger partial charge in [-0.3, -0.25) is 4.79 Å². The average molecular weight is 507 g/mol. The lowest BCUT2D eigenvalue weighted by Crippen LogP contribution is -2.45. The molecule has 3 atom stereocenters. The number of hydrogen-bond acceptors (Lipinski definition) is 7. The first-order valence-electron chi connectivity index (χ1n) is 12.2. The maximum Gasteiger partial charge on any atom is 0.331 e. The van der Waals surface area contributed by atoms with Gasteiger partial charge in [-0.05, 0) is 38.2 Å². The zero-order valence-corrected chi connectivity index (χ0v) is 21.4. The number of amides is 1. The van der Waals surface area contributed by atoms with E-state index >= 15 is 0 Å². The molecule has 1 aliphatic rings. The number of cyclic esters (lactones) is 1. The molecule has 8 nitrogen and oxygen atoms in total. The number of aromatic nitrogens is 1. The van der Waals surface area contributed by atoms with E-state index in [-0.39, 0.29) is 30.1 Å². The molecule has 2 heterocycles. The fraction of sp³-hybridized carbons (Fsp3) is 0.345. The Morgan fingerprint density at radius 2 is 1.76 bits per heavy atom. The molecular weight excluding hydrogens is 472 g/mol. The van der Waals surface area contributed by atoms with E-state index in [9.17, 15) is 14.7 Å². The lowest BCUT2D eigenvalue weighted by Gasteiger charge is -2.20. The van der Waals surface area contributed by atoms with Crippen LogP contribution in [0.4, 0.5) is 0 Å². The van der Waals surface area contributed by atoms with Crippen molar-refractivity contribution in [1.29, 1.82) is 0 Å². The lowest BCUT2D eigenvalue weighted by molar-refractivity contribution is -0.151. The van der Waals surface area contributed by atoms with Crippen LogP contribution in [0.3, 0.4) is 0 Å². The van der Waals surface area contributed by atoms with Crippen molar-refractivity contribution in [2.75, 3.05) is 20.3 Å². The van der Waals surface area contributed by atoms with Crippen LogP contribution < -0.4 is 10.1 Å². The average Bonchev–Trinajstić information content (AvgIpc) is 2.95. The van der Waals surface area contributed by atoms with Gasteiger partial charge in [0.2, 0.25) is 0 Å². The Labute approximate surface area is 217 Å². The molecule has 0 bridgehead atoms. The molecule has 2 N–H and O–H groups in total. The third-order valence-corrected chi connectivity index (χ3v) is 5.84. The van der Waals surface area contributed by atoms with Crippen LogP contribution in [0.2, 0.25) is 0 Å². The predicted octanol–water partition coefficient (Wildman–Crippen LogP) is 4.10. The van der Waals surface area contributed by atoms with Gasteiger partial charge in [-0.25, -0.2) is 9.78 Å². The van der Waals surface area contributed by atoms with Crippen LogP contribution in [0.25, 0.3) is 0 Å². The van der Waals surface area contributed by atoms with Gasteiger partial charge in [0.1, 0.15) is 0 Å². The zero-order chi connectivity index (χ0) is 26.6. The molecule has 2 aromatic carbocycles. The smallest absolute Gasteiger partial charge is 0.331 e. The van der Waals surface area contributed by atoms with Crippen LogP contribution in [-0.2, 0) is 20.7 Å². The number of nitrogens with one attached hydrogen (secondary N) is 1. The van der Waals surface area contributed by atoms with Crippen LogP contribution >= 0.6 is 0 Å². The summed E-state index contributed by atoms with van der Waals surface area (Å²) in [6, 6.07) is 20.7. The monoisotopic (exact) mass is 506 g/mol. The molecule has 0 spiro atoms. The van der Waals surface area contributed by atoms with E-state index in [0.717, 1.165) is 6.42 Å². The van der Waals surface area contributed by atoms with E-state index in [2.05, 4.69) is 41.5 Å². The number of nitrogens with zero attached hydrogens (tertiary/aromatic N) is 1. The predicted molar refractivity (Wildman–Crippen MR) is 140 cm³/mol. The van der Waals surface area contributed by atoms with Crippen LogP contribution in [0.5, 0.6) is 11.5 Å². The molecule has 8 heteroatoms. The van der Waals surface area contributed by atoms with Crippen molar-refractivity contribution in [2.24, 2.45) is 5.92 Å². The SMILES string of the molecule is COc1ccnc(C(=O)N[C@H]2COCC(Cc3ccccc3)CC(C)OC2=O)c1O.Cc1ccccc1. The Balaban J connectivity index is 0.000000468. The van der Waals surface area contributed by atoms with Gasteiger partial charge >= 0.3 is 5.97 Å². The van der Waals surface area contributed by atoms with Gasteiger partial charge in [0.05, 0.1) is 19.8 Å². The Morgan fingerprint density at radius 1 is 1.08 bits per heavy atom. The van der Waals surface area contributed by atoms with E-state index < -0.39 is 23.7 Å². The van der Waals surface area contributed by atoms with Crippen molar-refractivity contribution >= 4 is 11.9 Å². The van der Waals surface area contributed by atoms with Crippen LogP contribution in [0.15, 0.2) is 72.9 Å². The fourth-order valence-electron chi connectivity index (χ4n) is 4.01. The Hall–Kier alpha value is -3.91. The van der Waals surface area contributed by atoms with E-state index in [1.165, 1.54) is 30.5 Å². The van der Waals surface area contributed by atoms with Gasteiger partial charge in [-0.1, -0.05) is 66.2 Å². The third kappa shape index (κ3) is 8.61. The van der Waals surface area contributed by atoms with Crippen molar-refractivity contribution in [3.63, 3.8) is 0 Å². The number of hydrogen-bond donors (Lipinski definition) is 2. The topological polar surface area (TPSA) is 107 Å². The number of ether oxygens (including phenoxy) is 3. The number of aromatic hydroxyl groups is 1. The minimum atomic E-state index is -1.01. The Bertz CT molecular complexity index is 1140. The number of benzene rings is 2. The summed E-state index contributed by atoms with van der Waals surface area (Å²) in [6.45, 7) is 4.31. The molecule has 0 radical (unpaired) electrons. The summed E-state index contributed by atoms with van der Waals surface area (Å²) < 4.78 is 16.3. The fourth-order valence-corrected chi connectivity index (χ4v) is 4.01. The first kappa shape index (κ1) is 27.7. The van der Waals surface area contributed by atoms with E-state index in [1.54, 1.807) is 0 Å². The molecule has 1 amide bonds. The first-order chi connectivity index (χ1) is 17.9. The quantitative estimate of drug-likeness (QED) is 0.502. The molecule has 0 aliphatic carbocycles. The van der Waals surface area contributed by atoms with Gasteiger partial charge in [0.15, 0.2) is 23.2 Å².